The minimum atomic E-state index is -4.63. The van der Waals surface area contributed by atoms with E-state index in [1.807, 2.05) is 12.1 Å². The number of nitrogens with zero attached hydrogens (tertiary/aromatic N) is 2. The molecule has 0 amide bonds. The highest BCUT2D eigenvalue weighted by molar-refractivity contribution is 6.31. The van der Waals surface area contributed by atoms with Crippen molar-refractivity contribution in [1.29, 1.82) is 5.26 Å². The largest absolute Gasteiger partial charge is 0.481 e. The Morgan fingerprint density at radius 2 is 1.69 bits per heavy atom. The lowest BCUT2D eigenvalue weighted by molar-refractivity contribution is -0.138. The number of carbonyl (C=O) groups excluding carboxylic acids is 1. The Morgan fingerprint density at radius 3 is 2.36 bits per heavy atom. The molecule has 1 aromatic heterocycles. The normalized spacial score (nSPS) is 11.1. The number of carboxylic acids is 1. The van der Waals surface area contributed by atoms with Gasteiger partial charge in [-0.2, -0.15) is 18.4 Å². The maximum absolute atomic E-state index is 13.4. The van der Waals surface area contributed by atoms with E-state index in [0.29, 0.717) is 28.4 Å². The minimum Gasteiger partial charge on any atom is -0.481 e. The Bertz CT molecular complexity index is 1680. The van der Waals surface area contributed by atoms with Gasteiger partial charge >= 0.3 is 12.1 Å². The second-order valence-electron chi connectivity index (χ2n) is 9.32. The van der Waals surface area contributed by atoms with Crippen LogP contribution < -0.4 is 5.32 Å². The fourth-order valence-electron chi connectivity index (χ4n) is 4.32. The third-order valence-corrected chi connectivity index (χ3v) is 7.00. The number of hydrogen-bond acceptors (Lipinski definition) is 5. The van der Waals surface area contributed by atoms with E-state index in [0.717, 1.165) is 23.3 Å². The van der Waals surface area contributed by atoms with Crippen molar-refractivity contribution >= 4 is 40.6 Å². The average Bonchev–Trinajstić information content (AvgIpc) is 2.96. The van der Waals surface area contributed by atoms with Crippen LogP contribution in [0.5, 0.6) is 0 Å². The first kappa shape index (κ1) is 30.6. The lowest BCUT2D eigenvalue weighted by atomic mass is 9.97. The molecule has 2 N–H and O–H groups in total. The first-order chi connectivity index (χ1) is 20.0. The van der Waals surface area contributed by atoms with Crippen molar-refractivity contribution in [3.05, 3.63) is 105 Å². The number of anilines is 1. The Balaban J connectivity index is 1.53. The molecule has 0 atom stereocenters. The number of pyridine rings is 1. The van der Waals surface area contributed by atoms with Crippen molar-refractivity contribution in [3.8, 4) is 28.3 Å². The smallest absolute Gasteiger partial charge is 0.417 e. The number of carbonyl (C=O) groups is 2. The second kappa shape index (κ2) is 13.1. The number of carboxylic acid groups (broad SMARTS) is 1. The maximum Gasteiger partial charge on any atom is 0.417 e. The van der Waals surface area contributed by atoms with Crippen molar-refractivity contribution in [2.75, 3.05) is 5.32 Å². The van der Waals surface area contributed by atoms with E-state index in [2.05, 4.69) is 10.3 Å². The first-order valence-electron chi connectivity index (χ1n) is 12.6. The zero-order valence-electron chi connectivity index (χ0n) is 21.8. The van der Waals surface area contributed by atoms with Gasteiger partial charge in [0.15, 0.2) is 5.78 Å². The van der Waals surface area contributed by atoms with Crippen LogP contribution in [0.1, 0.15) is 46.4 Å². The van der Waals surface area contributed by atoms with Crippen LogP contribution in [-0.4, -0.2) is 21.8 Å². The van der Waals surface area contributed by atoms with Gasteiger partial charge < -0.3 is 10.4 Å². The predicted molar refractivity (Wildman–Crippen MR) is 154 cm³/mol. The topological polar surface area (TPSA) is 103 Å². The monoisotopic (exact) mass is 611 g/mol. The van der Waals surface area contributed by atoms with Crippen LogP contribution in [0, 0.1) is 11.3 Å². The summed E-state index contributed by atoms with van der Waals surface area (Å²) in [5, 5.41) is 21.8. The molecule has 0 fully saturated rings. The summed E-state index contributed by atoms with van der Waals surface area (Å²) in [6.07, 6.45) is -2.88. The Hall–Kier alpha value is -4.39. The van der Waals surface area contributed by atoms with Crippen LogP contribution in [0.3, 0.4) is 0 Å². The third kappa shape index (κ3) is 7.46. The molecule has 0 spiro atoms. The van der Waals surface area contributed by atoms with Crippen molar-refractivity contribution in [2.45, 2.75) is 32.0 Å². The summed E-state index contributed by atoms with van der Waals surface area (Å²) in [6, 6.07) is 19.0. The lowest BCUT2D eigenvalue weighted by Gasteiger charge is -2.15. The number of Topliss-reactive ketones (excluding diaryl/α,β-unsaturated/α-hetero) is 1. The quantitative estimate of drug-likeness (QED) is 0.174. The van der Waals surface area contributed by atoms with E-state index in [1.165, 1.54) is 6.07 Å². The fraction of sp³-hybridized carbons (Fsp3) is 0.161. The van der Waals surface area contributed by atoms with Gasteiger partial charge in [0.2, 0.25) is 0 Å². The third-order valence-electron chi connectivity index (χ3n) is 6.43. The summed E-state index contributed by atoms with van der Waals surface area (Å²) in [6.45, 7) is 0.311. The molecule has 4 aromatic rings. The summed E-state index contributed by atoms with van der Waals surface area (Å²) in [4.78, 5) is 27.3. The molecule has 0 saturated carbocycles. The lowest BCUT2D eigenvalue weighted by Crippen LogP contribution is -2.06. The molecular weight excluding hydrogens is 590 g/mol. The van der Waals surface area contributed by atoms with Gasteiger partial charge in [0.05, 0.1) is 22.2 Å². The number of benzene rings is 3. The number of aliphatic carboxylic acids is 1. The predicted octanol–water partition coefficient (Wildman–Crippen LogP) is 8.66. The Kier molecular flexibility index (Phi) is 9.51. The molecule has 0 aliphatic heterocycles. The van der Waals surface area contributed by atoms with Gasteiger partial charge in [0.25, 0.3) is 0 Å². The number of ketones is 1. The average molecular weight is 612 g/mol. The van der Waals surface area contributed by atoms with Crippen molar-refractivity contribution < 1.29 is 27.9 Å². The summed E-state index contributed by atoms with van der Waals surface area (Å²) >= 11 is 12.0. The summed E-state index contributed by atoms with van der Waals surface area (Å²) in [5.41, 5.74) is 2.84. The molecule has 6 nitrogen and oxygen atoms in total. The summed E-state index contributed by atoms with van der Waals surface area (Å²) < 4.78 is 40.1. The molecule has 0 saturated heterocycles. The van der Waals surface area contributed by atoms with Crippen LogP contribution in [0.15, 0.2) is 72.9 Å². The molecule has 0 bridgehead atoms. The zero-order chi connectivity index (χ0) is 30.4. The van der Waals surface area contributed by atoms with Gasteiger partial charge in [-0.15, -0.1) is 0 Å². The molecule has 0 radical (unpaired) electrons. The SMILES string of the molecule is N#Cc1cc(NCc2ccc(Cl)cc2-c2ccc(C(=O)CCCC(=O)O)nc2)ccc1-c1ccc(Cl)c(C(F)(F)F)c1. The molecule has 4 rings (SSSR count). The number of nitriles is 1. The number of alkyl halides is 3. The zero-order valence-corrected chi connectivity index (χ0v) is 23.3. The van der Waals surface area contributed by atoms with Crippen molar-refractivity contribution in [3.63, 3.8) is 0 Å². The number of aromatic nitrogens is 1. The molecule has 11 heteroatoms. The molecule has 3 aromatic carbocycles. The van der Waals surface area contributed by atoms with E-state index in [9.17, 15) is 28.0 Å². The summed E-state index contributed by atoms with van der Waals surface area (Å²) in [7, 11) is 0. The molecule has 42 heavy (non-hydrogen) atoms. The van der Waals surface area contributed by atoms with E-state index in [1.54, 1.807) is 48.7 Å². The Morgan fingerprint density at radius 1 is 0.929 bits per heavy atom. The van der Waals surface area contributed by atoms with E-state index < -0.39 is 22.7 Å². The molecule has 0 aliphatic rings. The van der Waals surface area contributed by atoms with Gasteiger partial charge in [0.1, 0.15) is 5.69 Å². The maximum atomic E-state index is 13.4. The van der Waals surface area contributed by atoms with E-state index in [4.69, 9.17) is 28.3 Å². The number of rotatable bonds is 10. The van der Waals surface area contributed by atoms with E-state index in [-0.39, 0.29) is 41.9 Å². The molecule has 1 heterocycles. The Labute approximate surface area is 249 Å². The summed E-state index contributed by atoms with van der Waals surface area (Å²) in [5.74, 6) is -1.21. The highest BCUT2D eigenvalue weighted by Gasteiger charge is 2.33. The standard InChI is InChI=1S/C31H22Cl2F3N3O3/c32-22-7-4-19(25(14-22)20-6-11-28(39-17-20)29(40)2-1-3-30(41)42)16-38-23-8-9-24(21(12-23)15-37)18-5-10-27(33)26(13-18)31(34,35)36/h4-14,17,38H,1-3,16H2,(H,41,42). The number of hydrogen-bond donors (Lipinski definition) is 2. The van der Waals surface area contributed by atoms with Crippen LogP contribution >= 0.6 is 23.2 Å². The van der Waals surface area contributed by atoms with Gasteiger partial charge in [-0.3, -0.25) is 14.6 Å². The highest BCUT2D eigenvalue weighted by Crippen LogP contribution is 2.38. The molecule has 0 unspecified atom stereocenters. The number of nitrogens with one attached hydrogen (secondary N) is 1. The van der Waals surface area contributed by atoms with Crippen LogP contribution in [0.4, 0.5) is 18.9 Å². The highest BCUT2D eigenvalue weighted by atomic mass is 35.5. The fourth-order valence-corrected chi connectivity index (χ4v) is 4.72. The van der Waals surface area contributed by atoms with Gasteiger partial charge in [-0.05, 0) is 71.1 Å². The molecule has 214 valence electrons. The van der Waals surface area contributed by atoms with Gasteiger partial charge in [-0.25, -0.2) is 0 Å². The second-order valence-corrected chi connectivity index (χ2v) is 10.2. The first-order valence-corrected chi connectivity index (χ1v) is 13.4. The van der Waals surface area contributed by atoms with Crippen LogP contribution in [-0.2, 0) is 17.5 Å². The number of halogens is 5. The molecular formula is C31H22Cl2F3N3O3. The minimum absolute atomic E-state index is 0.0793. The molecule has 0 aliphatic carbocycles. The van der Waals surface area contributed by atoms with Gasteiger partial charge in [0, 0.05) is 41.9 Å². The van der Waals surface area contributed by atoms with Crippen molar-refractivity contribution in [2.24, 2.45) is 0 Å². The van der Waals surface area contributed by atoms with E-state index >= 15 is 0 Å². The van der Waals surface area contributed by atoms with Gasteiger partial charge in [-0.1, -0.05) is 47.5 Å². The van der Waals surface area contributed by atoms with Crippen LogP contribution in [0.2, 0.25) is 10.0 Å². The van der Waals surface area contributed by atoms with Crippen molar-refractivity contribution in [1.82, 2.24) is 4.98 Å². The van der Waals surface area contributed by atoms with Crippen LogP contribution in [0.25, 0.3) is 22.3 Å².